The van der Waals surface area contributed by atoms with Crippen LogP contribution in [0.15, 0.2) is 54.6 Å². The minimum absolute atomic E-state index is 0.421. The molecule has 2 heterocycles. The zero-order valence-electron chi connectivity index (χ0n) is 14.0. The van der Waals surface area contributed by atoms with Crippen molar-refractivity contribution in [2.45, 2.75) is 19.4 Å². The highest BCUT2D eigenvalue weighted by Crippen LogP contribution is 2.28. The van der Waals surface area contributed by atoms with Gasteiger partial charge in [0.05, 0.1) is 11.1 Å². The van der Waals surface area contributed by atoms with E-state index in [4.69, 9.17) is 4.98 Å². The van der Waals surface area contributed by atoms with Crippen molar-refractivity contribution in [1.82, 2.24) is 9.88 Å². The fourth-order valence-corrected chi connectivity index (χ4v) is 3.61. The summed E-state index contributed by atoms with van der Waals surface area (Å²) in [5.41, 5.74) is 4.32. The lowest BCUT2D eigenvalue weighted by atomic mass is 9.95. The minimum atomic E-state index is -0.861. The summed E-state index contributed by atoms with van der Waals surface area (Å²) >= 11 is 0. The molecule has 4 rings (SSSR count). The third-order valence-electron chi connectivity index (χ3n) is 4.90. The van der Waals surface area contributed by atoms with E-state index in [1.807, 2.05) is 30.3 Å². The van der Waals surface area contributed by atoms with Crippen molar-refractivity contribution < 1.29 is 9.90 Å². The van der Waals surface area contributed by atoms with Gasteiger partial charge in [0, 0.05) is 42.7 Å². The highest BCUT2D eigenvalue weighted by Gasteiger charge is 2.25. The molecule has 2 aromatic carbocycles. The van der Waals surface area contributed by atoms with Crippen LogP contribution < -0.4 is 0 Å². The number of carboxylic acids is 1. The molecule has 0 radical (unpaired) electrons. The van der Waals surface area contributed by atoms with E-state index in [9.17, 15) is 9.90 Å². The fourth-order valence-electron chi connectivity index (χ4n) is 3.61. The number of benzene rings is 2. The second kappa shape index (κ2) is 6.65. The van der Waals surface area contributed by atoms with Gasteiger partial charge in [-0.3, -0.25) is 9.88 Å². The lowest BCUT2D eigenvalue weighted by Crippen LogP contribution is -2.34. The minimum Gasteiger partial charge on any atom is -0.478 e. The van der Waals surface area contributed by atoms with Crippen LogP contribution in [0.2, 0.25) is 0 Å². The number of aromatic nitrogens is 1. The van der Waals surface area contributed by atoms with E-state index < -0.39 is 5.97 Å². The molecule has 1 N–H and O–H groups in total. The van der Waals surface area contributed by atoms with Crippen LogP contribution in [0.3, 0.4) is 0 Å². The van der Waals surface area contributed by atoms with Gasteiger partial charge in [0.2, 0.25) is 0 Å². The van der Waals surface area contributed by atoms with Gasteiger partial charge in [0.25, 0.3) is 0 Å². The zero-order valence-corrected chi connectivity index (χ0v) is 14.0. The fraction of sp³-hybridized carbons (Fsp3) is 0.238. The molecule has 0 spiro atoms. The van der Waals surface area contributed by atoms with Crippen molar-refractivity contribution in [3.63, 3.8) is 0 Å². The van der Waals surface area contributed by atoms with Crippen molar-refractivity contribution in [3.8, 4) is 0 Å². The number of carboxylic acid groups (broad SMARTS) is 1. The standard InChI is InChI=1S/C21H20N2O2/c24-21(25)20-16-8-4-5-9-18(16)22-19-11-13-23(14-17(19)20)12-10-15-6-2-1-3-7-15/h1-9H,10-14H2,(H,24,25). The molecule has 0 bridgehead atoms. The number of nitrogens with zero attached hydrogens (tertiary/aromatic N) is 2. The number of aromatic carboxylic acids is 1. The molecule has 3 aromatic rings. The largest absolute Gasteiger partial charge is 0.478 e. The average Bonchev–Trinajstić information content (AvgIpc) is 2.65. The van der Waals surface area contributed by atoms with Crippen LogP contribution in [0.4, 0.5) is 0 Å². The number of fused-ring (bicyclic) bond motifs is 2. The summed E-state index contributed by atoms with van der Waals surface area (Å²) in [6.45, 7) is 2.50. The molecular weight excluding hydrogens is 312 g/mol. The molecule has 4 nitrogen and oxygen atoms in total. The van der Waals surface area contributed by atoms with E-state index in [0.717, 1.165) is 48.1 Å². The van der Waals surface area contributed by atoms with Crippen molar-refractivity contribution in [2.24, 2.45) is 0 Å². The second-order valence-electron chi connectivity index (χ2n) is 6.50. The molecule has 4 heteroatoms. The molecule has 0 unspecified atom stereocenters. The Labute approximate surface area is 146 Å². The van der Waals surface area contributed by atoms with E-state index in [2.05, 4.69) is 29.2 Å². The van der Waals surface area contributed by atoms with Crippen molar-refractivity contribution in [2.75, 3.05) is 13.1 Å². The van der Waals surface area contributed by atoms with E-state index >= 15 is 0 Å². The maximum atomic E-state index is 11.9. The maximum Gasteiger partial charge on any atom is 0.336 e. The summed E-state index contributed by atoms with van der Waals surface area (Å²) in [4.78, 5) is 19.0. The normalized spacial score (nSPS) is 14.4. The molecule has 1 aromatic heterocycles. The lowest BCUT2D eigenvalue weighted by Gasteiger charge is -2.29. The first-order valence-electron chi connectivity index (χ1n) is 8.62. The van der Waals surface area contributed by atoms with Crippen LogP contribution in [0.5, 0.6) is 0 Å². The lowest BCUT2D eigenvalue weighted by molar-refractivity contribution is 0.0695. The van der Waals surface area contributed by atoms with Crippen LogP contribution in [0.25, 0.3) is 10.9 Å². The Morgan fingerprint density at radius 3 is 2.64 bits per heavy atom. The van der Waals surface area contributed by atoms with Crippen LogP contribution >= 0.6 is 0 Å². The summed E-state index contributed by atoms with van der Waals surface area (Å²) in [5, 5.41) is 10.5. The first kappa shape index (κ1) is 15.8. The molecule has 0 saturated heterocycles. The van der Waals surface area contributed by atoms with E-state index in [1.165, 1.54) is 5.56 Å². The highest BCUT2D eigenvalue weighted by molar-refractivity contribution is 6.04. The topological polar surface area (TPSA) is 53.4 Å². The Bertz CT molecular complexity index is 922. The quantitative estimate of drug-likeness (QED) is 0.794. The number of rotatable bonds is 4. The van der Waals surface area contributed by atoms with Gasteiger partial charge in [-0.2, -0.15) is 0 Å². The smallest absolute Gasteiger partial charge is 0.336 e. The molecular formula is C21H20N2O2. The Morgan fingerprint density at radius 1 is 1.08 bits per heavy atom. The molecule has 1 aliphatic rings. The van der Waals surface area contributed by atoms with Crippen molar-refractivity contribution in [3.05, 3.63) is 77.0 Å². The van der Waals surface area contributed by atoms with Crippen LogP contribution in [0.1, 0.15) is 27.2 Å². The Morgan fingerprint density at radius 2 is 1.84 bits per heavy atom. The second-order valence-corrected chi connectivity index (χ2v) is 6.50. The molecule has 1 aliphatic heterocycles. The van der Waals surface area contributed by atoms with E-state index in [0.29, 0.717) is 12.1 Å². The van der Waals surface area contributed by atoms with E-state index in [-0.39, 0.29) is 0 Å². The van der Waals surface area contributed by atoms with Crippen molar-refractivity contribution >= 4 is 16.9 Å². The Kier molecular flexibility index (Phi) is 4.20. The van der Waals surface area contributed by atoms with Gasteiger partial charge >= 0.3 is 5.97 Å². The van der Waals surface area contributed by atoms with Crippen LogP contribution in [0, 0.1) is 0 Å². The summed E-state index contributed by atoms with van der Waals surface area (Å²) in [5.74, 6) is -0.861. The molecule has 0 atom stereocenters. The third kappa shape index (κ3) is 3.13. The zero-order chi connectivity index (χ0) is 17.2. The Balaban J connectivity index is 1.63. The van der Waals surface area contributed by atoms with Crippen LogP contribution in [-0.2, 0) is 19.4 Å². The average molecular weight is 332 g/mol. The van der Waals surface area contributed by atoms with Gasteiger partial charge in [-0.05, 0) is 18.1 Å². The van der Waals surface area contributed by atoms with E-state index in [1.54, 1.807) is 0 Å². The SMILES string of the molecule is O=C(O)c1c2c(nc3ccccc13)CCN(CCc1ccccc1)C2. The van der Waals surface area contributed by atoms with Gasteiger partial charge in [-0.25, -0.2) is 4.79 Å². The van der Waals surface area contributed by atoms with Gasteiger partial charge in [0.1, 0.15) is 0 Å². The summed E-state index contributed by atoms with van der Waals surface area (Å²) < 4.78 is 0. The van der Waals surface area contributed by atoms with Gasteiger partial charge < -0.3 is 5.11 Å². The Hall–Kier alpha value is -2.72. The molecule has 0 saturated carbocycles. The number of hydrogen-bond donors (Lipinski definition) is 1. The first-order valence-corrected chi connectivity index (χ1v) is 8.62. The summed E-state index contributed by atoms with van der Waals surface area (Å²) in [6.07, 6.45) is 1.77. The van der Waals surface area contributed by atoms with Crippen molar-refractivity contribution in [1.29, 1.82) is 0 Å². The molecule has 0 amide bonds. The van der Waals surface area contributed by atoms with Gasteiger partial charge in [-0.1, -0.05) is 48.5 Å². The molecule has 0 fully saturated rings. The third-order valence-corrected chi connectivity index (χ3v) is 4.90. The predicted molar refractivity (Wildman–Crippen MR) is 97.8 cm³/mol. The number of hydrogen-bond acceptors (Lipinski definition) is 3. The van der Waals surface area contributed by atoms with Gasteiger partial charge in [0.15, 0.2) is 0 Å². The number of pyridine rings is 1. The molecule has 25 heavy (non-hydrogen) atoms. The summed E-state index contributed by atoms with van der Waals surface area (Å²) in [7, 11) is 0. The maximum absolute atomic E-state index is 11.9. The predicted octanol–water partition coefficient (Wildman–Crippen LogP) is 3.53. The highest BCUT2D eigenvalue weighted by atomic mass is 16.4. The summed E-state index contributed by atoms with van der Waals surface area (Å²) in [6, 6.07) is 17.9. The van der Waals surface area contributed by atoms with Crippen LogP contribution in [-0.4, -0.2) is 34.0 Å². The number of carbonyl (C=O) groups is 1. The monoisotopic (exact) mass is 332 g/mol. The van der Waals surface area contributed by atoms with Gasteiger partial charge in [-0.15, -0.1) is 0 Å². The molecule has 0 aliphatic carbocycles. The number of para-hydroxylation sites is 1. The first-order chi connectivity index (χ1) is 12.2. The molecule has 126 valence electrons.